The molecule has 0 bridgehead atoms. The van der Waals surface area contributed by atoms with Gasteiger partial charge in [-0.05, 0) is 53.7 Å². The standard InChI is InChI=1S/C26H32O/c1-20-15-18-24(26(3,4)23-13-9-6-10-14-23)19-25(20)27-21(2)16-17-22-11-7-5-8-12-22/h5-14,16-17,20,24-25H,2,15,18-19H2,1,3-4H3/b17-16+/t20-,24+,25+/m0/s1. The molecular formula is C26H32O. The second-order valence-corrected chi connectivity index (χ2v) is 8.44. The predicted molar refractivity (Wildman–Crippen MR) is 115 cm³/mol. The van der Waals surface area contributed by atoms with E-state index < -0.39 is 0 Å². The highest BCUT2D eigenvalue weighted by Gasteiger charge is 2.38. The largest absolute Gasteiger partial charge is 0.491 e. The highest BCUT2D eigenvalue weighted by atomic mass is 16.5. The third-order valence-electron chi connectivity index (χ3n) is 6.22. The lowest BCUT2D eigenvalue weighted by Gasteiger charge is -2.42. The smallest absolute Gasteiger partial charge is 0.112 e. The van der Waals surface area contributed by atoms with Crippen molar-refractivity contribution >= 4 is 6.08 Å². The maximum Gasteiger partial charge on any atom is 0.112 e. The zero-order valence-corrected chi connectivity index (χ0v) is 16.9. The molecule has 1 aliphatic rings. The SMILES string of the molecule is C=C(/C=C/c1ccccc1)O[C@@H]1C[C@H](C(C)(C)c2ccccc2)CC[C@@H]1C. The van der Waals surface area contributed by atoms with E-state index in [1.165, 1.54) is 24.0 Å². The molecule has 0 amide bonds. The van der Waals surface area contributed by atoms with Gasteiger partial charge in [-0.25, -0.2) is 0 Å². The molecule has 1 nitrogen and oxygen atoms in total. The van der Waals surface area contributed by atoms with Crippen molar-refractivity contribution in [1.29, 1.82) is 0 Å². The predicted octanol–water partition coefficient (Wildman–Crippen LogP) is 7.01. The number of rotatable bonds is 6. The van der Waals surface area contributed by atoms with E-state index in [1.807, 2.05) is 24.3 Å². The Morgan fingerprint density at radius 3 is 2.30 bits per heavy atom. The molecule has 0 aliphatic heterocycles. The van der Waals surface area contributed by atoms with E-state index in [1.54, 1.807) is 0 Å². The van der Waals surface area contributed by atoms with Gasteiger partial charge in [-0.3, -0.25) is 0 Å². The van der Waals surface area contributed by atoms with E-state index in [9.17, 15) is 0 Å². The Kier molecular flexibility index (Phi) is 6.21. The maximum atomic E-state index is 6.31. The van der Waals surface area contributed by atoms with Crippen LogP contribution in [0.2, 0.25) is 0 Å². The van der Waals surface area contributed by atoms with Crippen LogP contribution in [0.1, 0.15) is 51.2 Å². The van der Waals surface area contributed by atoms with Gasteiger partial charge in [0.1, 0.15) is 11.9 Å². The lowest BCUT2D eigenvalue weighted by Crippen LogP contribution is -2.38. The fourth-order valence-electron chi connectivity index (χ4n) is 4.19. The highest BCUT2D eigenvalue weighted by molar-refractivity contribution is 5.51. The Hall–Kier alpha value is -2.28. The molecule has 2 aromatic rings. The van der Waals surface area contributed by atoms with Gasteiger partial charge >= 0.3 is 0 Å². The molecule has 0 spiro atoms. The third kappa shape index (κ3) is 4.91. The molecule has 0 N–H and O–H groups in total. The Morgan fingerprint density at radius 1 is 1.00 bits per heavy atom. The van der Waals surface area contributed by atoms with Crippen molar-refractivity contribution in [3.05, 3.63) is 90.2 Å². The van der Waals surface area contributed by atoms with Crippen LogP contribution in [0.4, 0.5) is 0 Å². The first-order valence-electron chi connectivity index (χ1n) is 10.1. The molecule has 1 aliphatic carbocycles. The number of hydrogen-bond donors (Lipinski definition) is 0. The van der Waals surface area contributed by atoms with Crippen molar-refractivity contribution in [2.24, 2.45) is 11.8 Å². The molecule has 0 heterocycles. The third-order valence-corrected chi connectivity index (χ3v) is 6.22. The van der Waals surface area contributed by atoms with Crippen LogP contribution >= 0.6 is 0 Å². The monoisotopic (exact) mass is 360 g/mol. The van der Waals surface area contributed by atoms with Gasteiger partial charge in [0.05, 0.1) is 0 Å². The zero-order valence-electron chi connectivity index (χ0n) is 16.9. The Balaban J connectivity index is 1.65. The molecule has 0 aromatic heterocycles. The van der Waals surface area contributed by atoms with Crippen molar-refractivity contribution in [2.45, 2.75) is 51.6 Å². The summed E-state index contributed by atoms with van der Waals surface area (Å²) in [7, 11) is 0. The zero-order chi connectivity index (χ0) is 19.3. The van der Waals surface area contributed by atoms with Gasteiger partial charge in [-0.2, -0.15) is 0 Å². The van der Waals surface area contributed by atoms with Gasteiger partial charge in [0.25, 0.3) is 0 Å². The number of benzene rings is 2. The van der Waals surface area contributed by atoms with E-state index in [-0.39, 0.29) is 11.5 Å². The van der Waals surface area contributed by atoms with E-state index in [0.29, 0.717) is 11.8 Å². The topological polar surface area (TPSA) is 9.23 Å². The first-order chi connectivity index (χ1) is 13.0. The van der Waals surface area contributed by atoms with Gasteiger partial charge in [-0.1, -0.05) is 94.1 Å². The van der Waals surface area contributed by atoms with Crippen LogP contribution in [0.3, 0.4) is 0 Å². The molecule has 1 fully saturated rings. The molecule has 0 saturated heterocycles. The van der Waals surface area contributed by atoms with Crippen molar-refractivity contribution < 1.29 is 4.74 Å². The minimum absolute atomic E-state index is 0.157. The van der Waals surface area contributed by atoms with E-state index >= 15 is 0 Å². The van der Waals surface area contributed by atoms with Crippen LogP contribution in [-0.4, -0.2) is 6.10 Å². The molecule has 3 rings (SSSR count). The van der Waals surface area contributed by atoms with Gasteiger partial charge in [-0.15, -0.1) is 0 Å². The summed E-state index contributed by atoms with van der Waals surface area (Å²) in [6, 6.07) is 21.2. The second-order valence-electron chi connectivity index (χ2n) is 8.44. The second kappa shape index (κ2) is 8.61. The van der Waals surface area contributed by atoms with E-state index in [0.717, 1.165) is 12.2 Å². The Labute approximate surface area is 164 Å². The Morgan fingerprint density at radius 2 is 1.63 bits per heavy atom. The average Bonchev–Trinajstić information content (AvgIpc) is 2.69. The molecule has 1 heteroatoms. The number of allylic oxidation sites excluding steroid dienone is 1. The van der Waals surface area contributed by atoms with Crippen molar-refractivity contribution in [3.8, 4) is 0 Å². The van der Waals surface area contributed by atoms with Crippen LogP contribution in [0.5, 0.6) is 0 Å². The summed E-state index contributed by atoms with van der Waals surface area (Å²) >= 11 is 0. The molecule has 142 valence electrons. The summed E-state index contributed by atoms with van der Waals surface area (Å²) in [5, 5.41) is 0. The molecule has 2 aromatic carbocycles. The van der Waals surface area contributed by atoms with Gasteiger partial charge in [0, 0.05) is 0 Å². The van der Waals surface area contributed by atoms with Gasteiger partial charge < -0.3 is 4.74 Å². The quantitative estimate of drug-likeness (QED) is 0.397. The van der Waals surface area contributed by atoms with Crippen LogP contribution in [0.15, 0.2) is 79.1 Å². The average molecular weight is 361 g/mol. The molecule has 0 unspecified atom stereocenters. The Bertz CT molecular complexity index is 757. The molecule has 27 heavy (non-hydrogen) atoms. The van der Waals surface area contributed by atoms with Crippen molar-refractivity contribution in [1.82, 2.24) is 0 Å². The summed E-state index contributed by atoms with van der Waals surface area (Å²) < 4.78 is 6.31. The summed E-state index contributed by atoms with van der Waals surface area (Å²) in [6.07, 6.45) is 7.85. The van der Waals surface area contributed by atoms with E-state index in [4.69, 9.17) is 4.74 Å². The molecule has 3 atom stereocenters. The fourth-order valence-corrected chi connectivity index (χ4v) is 4.19. The lowest BCUT2D eigenvalue weighted by atomic mass is 9.65. The summed E-state index contributed by atoms with van der Waals surface area (Å²) in [5.74, 6) is 1.94. The van der Waals surface area contributed by atoms with Gasteiger partial charge in [0.15, 0.2) is 0 Å². The van der Waals surface area contributed by atoms with Crippen LogP contribution in [0, 0.1) is 11.8 Å². The first kappa shape index (κ1) is 19.5. The minimum Gasteiger partial charge on any atom is -0.491 e. The summed E-state index contributed by atoms with van der Waals surface area (Å²) in [5.41, 5.74) is 2.75. The van der Waals surface area contributed by atoms with Crippen LogP contribution < -0.4 is 0 Å². The number of hydrogen-bond acceptors (Lipinski definition) is 1. The maximum absolute atomic E-state index is 6.31. The fraction of sp³-hybridized carbons (Fsp3) is 0.385. The lowest BCUT2D eigenvalue weighted by molar-refractivity contribution is 0.0115. The minimum atomic E-state index is 0.157. The van der Waals surface area contributed by atoms with Crippen LogP contribution in [-0.2, 0) is 10.2 Å². The van der Waals surface area contributed by atoms with E-state index in [2.05, 4.69) is 75.9 Å². The highest BCUT2D eigenvalue weighted by Crippen LogP contribution is 2.43. The van der Waals surface area contributed by atoms with Crippen molar-refractivity contribution in [3.63, 3.8) is 0 Å². The molecular weight excluding hydrogens is 328 g/mol. The normalized spacial score (nSPS) is 23.3. The van der Waals surface area contributed by atoms with Crippen LogP contribution in [0.25, 0.3) is 6.08 Å². The summed E-state index contributed by atoms with van der Waals surface area (Å²) in [4.78, 5) is 0. The van der Waals surface area contributed by atoms with Gasteiger partial charge in [0.2, 0.25) is 0 Å². The summed E-state index contributed by atoms with van der Waals surface area (Å²) in [6.45, 7) is 11.2. The van der Waals surface area contributed by atoms with Crippen molar-refractivity contribution in [2.75, 3.05) is 0 Å². The molecule has 1 saturated carbocycles. The first-order valence-corrected chi connectivity index (χ1v) is 10.1. The molecule has 0 radical (unpaired) electrons. The number of ether oxygens (including phenoxy) is 1.